The number of benzene rings is 2. The number of anilines is 2. The van der Waals surface area contributed by atoms with Crippen LogP contribution in [0.4, 0.5) is 11.5 Å². The van der Waals surface area contributed by atoms with Crippen LogP contribution >= 0.6 is 0 Å². The van der Waals surface area contributed by atoms with Crippen molar-refractivity contribution in [3.8, 4) is 0 Å². The maximum Gasteiger partial charge on any atom is 0.248 e. The van der Waals surface area contributed by atoms with Crippen molar-refractivity contribution in [2.75, 3.05) is 36.8 Å². The van der Waals surface area contributed by atoms with Gasteiger partial charge in [-0.15, -0.1) is 0 Å². The minimum Gasteiger partial charge on any atom is -0.369 e. The highest BCUT2D eigenvalue weighted by Crippen LogP contribution is 2.23. The van der Waals surface area contributed by atoms with Gasteiger partial charge in [0.05, 0.1) is 5.52 Å². The van der Waals surface area contributed by atoms with Crippen molar-refractivity contribution >= 4 is 28.3 Å². The van der Waals surface area contributed by atoms with Crippen molar-refractivity contribution in [1.82, 2.24) is 14.9 Å². The van der Waals surface area contributed by atoms with Crippen molar-refractivity contribution < 1.29 is 4.79 Å². The summed E-state index contributed by atoms with van der Waals surface area (Å²) in [7, 11) is 0. The van der Waals surface area contributed by atoms with E-state index in [1.165, 1.54) is 11.1 Å². The SMILES string of the molecule is CCN1CCC(=CC(=O)Nc2ccc3ncnc(NCCc4ccccc4)c3c2)CC1. The third-order valence-corrected chi connectivity index (χ3v) is 5.73. The first kappa shape index (κ1) is 21.0. The Hall–Kier alpha value is -3.25. The molecule has 0 bridgehead atoms. The zero-order valence-electron chi connectivity index (χ0n) is 18.0. The Kier molecular flexibility index (Phi) is 6.89. The van der Waals surface area contributed by atoms with Crippen molar-refractivity contribution in [1.29, 1.82) is 0 Å². The molecular weight excluding hydrogens is 386 g/mol. The first-order valence-corrected chi connectivity index (χ1v) is 11.0. The fraction of sp³-hybridized carbons (Fsp3) is 0.320. The Bertz CT molecular complexity index is 1050. The molecular formula is C25H29N5O. The van der Waals surface area contributed by atoms with E-state index in [2.05, 4.69) is 44.6 Å². The molecule has 1 aliphatic rings. The van der Waals surface area contributed by atoms with Crippen molar-refractivity contribution in [3.63, 3.8) is 0 Å². The molecule has 0 unspecified atom stereocenters. The fourth-order valence-electron chi connectivity index (χ4n) is 3.91. The average molecular weight is 416 g/mol. The van der Waals surface area contributed by atoms with E-state index in [0.29, 0.717) is 0 Å². The third kappa shape index (κ3) is 5.67. The molecule has 2 heterocycles. The van der Waals surface area contributed by atoms with Crippen molar-refractivity contribution in [2.45, 2.75) is 26.2 Å². The smallest absolute Gasteiger partial charge is 0.248 e. The molecule has 4 rings (SSSR count). The lowest BCUT2D eigenvalue weighted by atomic mass is 10.0. The molecule has 1 amide bonds. The Morgan fingerprint density at radius 3 is 2.68 bits per heavy atom. The van der Waals surface area contributed by atoms with Crippen LogP contribution in [0.3, 0.4) is 0 Å². The summed E-state index contributed by atoms with van der Waals surface area (Å²) in [6.45, 7) is 6.07. The number of carbonyl (C=O) groups is 1. The van der Waals surface area contributed by atoms with Crippen molar-refractivity contribution in [3.05, 3.63) is 72.1 Å². The molecule has 0 saturated carbocycles. The number of amides is 1. The Labute approximate surface area is 183 Å². The second kappa shape index (κ2) is 10.2. The minimum absolute atomic E-state index is 0.0743. The van der Waals surface area contributed by atoms with Gasteiger partial charge in [0.25, 0.3) is 0 Å². The molecule has 3 aromatic rings. The standard InChI is InChI=1S/C25H29N5O/c1-2-30-14-11-20(12-15-30)16-24(31)29-21-8-9-23-22(17-21)25(28-18-27-23)26-13-10-19-6-4-3-5-7-19/h3-9,16-18H,2,10-15H2,1H3,(H,29,31)(H,26,27,28). The predicted molar refractivity (Wildman–Crippen MR) is 126 cm³/mol. The molecule has 31 heavy (non-hydrogen) atoms. The third-order valence-electron chi connectivity index (χ3n) is 5.73. The van der Waals surface area contributed by atoms with Crippen LogP contribution in [0.2, 0.25) is 0 Å². The number of hydrogen-bond donors (Lipinski definition) is 2. The van der Waals surface area contributed by atoms with Crippen LogP contribution in [-0.4, -0.2) is 47.0 Å². The van der Waals surface area contributed by atoms with E-state index in [0.717, 1.165) is 67.8 Å². The monoisotopic (exact) mass is 415 g/mol. The summed E-state index contributed by atoms with van der Waals surface area (Å²) < 4.78 is 0. The van der Waals surface area contributed by atoms with Crippen LogP contribution in [0, 0.1) is 0 Å². The molecule has 1 aliphatic heterocycles. The van der Waals surface area contributed by atoms with Gasteiger partial charge in [0.2, 0.25) is 5.91 Å². The molecule has 2 aromatic carbocycles. The minimum atomic E-state index is -0.0743. The van der Waals surface area contributed by atoms with E-state index in [1.54, 1.807) is 12.4 Å². The summed E-state index contributed by atoms with van der Waals surface area (Å²) in [5, 5.41) is 7.32. The number of rotatable bonds is 7. The van der Waals surface area contributed by atoms with Crippen LogP contribution in [0.25, 0.3) is 10.9 Å². The number of nitrogens with zero attached hydrogens (tertiary/aromatic N) is 3. The first-order valence-electron chi connectivity index (χ1n) is 11.0. The van der Waals surface area contributed by atoms with Gasteiger partial charge in [-0.25, -0.2) is 9.97 Å². The summed E-state index contributed by atoms with van der Waals surface area (Å²) in [5.41, 5.74) is 4.09. The number of fused-ring (bicyclic) bond motifs is 1. The normalized spacial score (nSPS) is 14.4. The number of aromatic nitrogens is 2. The van der Waals surface area contributed by atoms with Crippen LogP contribution in [-0.2, 0) is 11.2 Å². The number of carbonyl (C=O) groups excluding carboxylic acids is 1. The van der Waals surface area contributed by atoms with Gasteiger partial charge in [0.15, 0.2) is 0 Å². The van der Waals surface area contributed by atoms with E-state index in [4.69, 9.17) is 0 Å². The zero-order chi connectivity index (χ0) is 21.5. The van der Waals surface area contributed by atoms with E-state index in [9.17, 15) is 4.79 Å². The molecule has 1 saturated heterocycles. The van der Waals surface area contributed by atoms with E-state index < -0.39 is 0 Å². The van der Waals surface area contributed by atoms with Gasteiger partial charge < -0.3 is 15.5 Å². The lowest BCUT2D eigenvalue weighted by molar-refractivity contribution is -0.112. The number of nitrogens with one attached hydrogen (secondary N) is 2. The number of piperidine rings is 1. The van der Waals surface area contributed by atoms with E-state index in [1.807, 2.05) is 36.4 Å². The van der Waals surface area contributed by atoms with Gasteiger partial charge >= 0.3 is 0 Å². The predicted octanol–water partition coefficient (Wildman–Crippen LogP) is 4.27. The first-order chi connectivity index (χ1) is 15.2. The summed E-state index contributed by atoms with van der Waals surface area (Å²) in [6.07, 6.45) is 6.16. The number of likely N-dealkylation sites (tertiary alicyclic amines) is 1. The lowest BCUT2D eigenvalue weighted by Crippen LogP contribution is -2.30. The van der Waals surface area contributed by atoms with Gasteiger partial charge in [-0.05, 0) is 49.6 Å². The highest BCUT2D eigenvalue weighted by molar-refractivity contribution is 6.02. The average Bonchev–Trinajstić information content (AvgIpc) is 2.80. The van der Waals surface area contributed by atoms with Crippen LogP contribution < -0.4 is 10.6 Å². The van der Waals surface area contributed by atoms with Gasteiger partial charge in [-0.3, -0.25) is 4.79 Å². The molecule has 6 heteroatoms. The second-order valence-corrected chi connectivity index (χ2v) is 7.84. The summed E-state index contributed by atoms with van der Waals surface area (Å²) >= 11 is 0. The highest BCUT2D eigenvalue weighted by Gasteiger charge is 2.13. The molecule has 2 N–H and O–H groups in total. The Morgan fingerprint density at radius 2 is 1.90 bits per heavy atom. The van der Waals surface area contributed by atoms with Gasteiger partial charge in [0, 0.05) is 36.8 Å². The summed E-state index contributed by atoms with van der Waals surface area (Å²) in [6, 6.07) is 16.1. The largest absolute Gasteiger partial charge is 0.369 e. The molecule has 160 valence electrons. The molecule has 1 aromatic heterocycles. The summed E-state index contributed by atoms with van der Waals surface area (Å²) in [5.74, 6) is 0.706. The molecule has 0 spiro atoms. The fourth-order valence-corrected chi connectivity index (χ4v) is 3.91. The maximum absolute atomic E-state index is 12.5. The molecule has 0 atom stereocenters. The molecule has 1 fully saturated rings. The Morgan fingerprint density at radius 1 is 1.10 bits per heavy atom. The second-order valence-electron chi connectivity index (χ2n) is 7.84. The van der Waals surface area contributed by atoms with Crippen LogP contribution in [0.1, 0.15) is 25.3 Å². The zero-order valence-corrected chi connectivity index (χ0v) is 18.0. The lowest BCUT2D eigenvalue weighted by Gasteiger charge is -2.26. The van der Waals surface area contributed by atoms with Crippen LogP contribution in [0.15, 0.2) is 66.5 Å². The Balaban J connectivity index is 1.42. The van der Waals surface area contributed by atoms with Gasteiger partial charge in [0.1, 0.15) is 12.1 Å². The van der Waals surface area contributed by atoms with E-state index in [-0.39, 0.29) is 5.91 Å². The topological polar surface area (TPSA) is 70.2 Å². The van der Waals surface area contributed by atoms with Crippen LogP contribution in [0.5, 0.6) is 0 Å². The quantitative estimate of drug-likeness (QED) is 0.564. The molecule has 0 aliphatic carbocycles. The maximum atomic E-state index is 12.5. The van der Waals surface area contributed by atoms with Crippen molar-refractivity contribution in [2.24, 2.45) is 0 Å². The van der Waals surface area contributed by atoms with E-state index >= 15 is 0 Å². The highest BCUT2D eigenvalue weighted by atomic mass is 16.1. The van der Waals surface area contributed by atoms with Gasteiger partial charge in [-0.2, -0.15) is 0 Å². The number of hydrogen-bond acceptors (Lipinski definition) is 5. The van der Waals surface area contributed by atoms with Gasteiger partial charge in [-0.1, -0.05) is 42.8 Å². The molecule has 0 radical (unpaired) electrons. The summed E-state index contributed by atoms with van der Waals surface area (Å²) in [4.78, 5) is 23.7. The molecule has 6 nitrogen and oxygen atoms in total.